The van der Waals surface area contributed by atoms with Crippen LogP contribution in [0.3, 0.4) is 0 Å². The highest BCUT2D eigenvalue weighted by atomic mass is 127. The molecule has 0 saturated heterocycles. The lowest BCUT2D eigenvalue weighted by atomic mass is 10.1. The molecule has 1 heterocycles. The van der Waals surface area contributed by atoms with Crippen molar-refractivity contribution in [2.45, 2.75) is 6.92 Å². The quantitative estimate of drug-likeness (QED) is 0.712. The lowest BCUT2D eigenvalue weighted by molar-refractivity contribution is 0.0996. The highest BCUT2D eigenvalue weighted by Crippen LogP contribution is 2.33. The number of benzene rings is 1. The molecule has 1 aromatic carbocycles. The van der Waals surface area contributed by atoms with Crippen LogP contribution in [0.5, 0.6) is 5.75 Å². The average Bonchev–Trinajstić information content (AvgIpc) is 2.72. The Hall–Kier alpha value is -1.64. The number of rotatable bonds is 2. The lowest BCUT2D eigenvalue weighted by Crippen LogP contribution is -2.12. The largest absolute Gasteiger partial charge is 0.507 e. The van der Waals surface area contributed by atoms with E-state index in [0.29, 0.717) is 11.1 Å². The van der Waals surface area contributed by atoms with E-state index in [1.165, 1.54) is 0 Å². The first-order chi connectivity index (χ1) is 8.00. The second-order valence-electron chi connectivity index (χ2n) is 3.50. The zero-order valence-electron chi connectivity index (χ0n) is 8.86. The molecule has 1 aromatic heterocycles. The van der Waals surface area contributed by atoms with E-state index in [1.54, 1.807) is 13.0 Å². The van der Waals surface area contributed by atoms with Gasteiger partial charge in [-0.1, -0.05) is 0 Å². The number of hydrogen-bond acceptors (Lipinski definition) is 4. The van der Waals surface area contributed by atoms with Gasteiger partial charge in [-0.25, -0.2) is 0 Å². The van der Waals surface area contributed by atoms with Crippen molar-refractivity contribution in [2.24, 2.45) is 5.73 Å². The number of carbonyl (C=O) groups excluding carboxylic acids is 1. The van der Waals surface area contributed by atoms with Gasteiger partial charge in [0.1, 0.15) is 11.4 Å². The van der Waals surface area contributed by atoms with E-state index in [2.05, 4.69) is 38.0 Å². The molecule has 0 bridgehead atoms. The zero-order valence-corrected chi connectivity index (χ0v) is 11.0. The van der Waals surface area contributed by atoms with Crippen LogP contribution in [0.2, 0.25) is 0 Å². The van der Waals surface area contributed by atoms with E-state index < -0.39 is 5.91 Å². The van der Waals surface area contributed by atoms with Crippen LogP contribution in [0, 0.1) is 10.5 Å². The summed E-state index contributed by atoms with van der Waals surface area (Å²) in [5.74, 6) is -0.619. The van der Waals surface area contributed by atoms with Crippen LogP contribution < -0.4 is 5.73 Å². The maximum Gasteiger partial charge on any atom is 0.271 e. The van der Waals surface area contributed by atoms with Crippen LogP contribution in [0.4, 0.5) is 0 Å². The van der Waals surface area contributed by atoms with E-state index in [0.717, 1.165) is 3.57 Å². The Morgan fingerprint density at radius 2 is 2.18 bits per heavy atom. The molecule has 0 aliphatic heterocycles. The number of aromatic hydroxyl groups is 1. The molecule has 0 fully saturated rings. The second kappa shape index (κ2) is 4.32. The summed E-state index contributed by atoms with van der Waals surface area (Å²) in [7, 11) is 0. The summed E-state index contributed by atoms with van der Waals surface area (Å²) in [6, 6.07) is 3.54. The molecule has 0 spiro atoms. The lowest BCUT2D eigenvalue weighted by Gasteiger charge is -2.06. The maximum atomic E-state index is 11.2. The molecule has 0 aliphatic carbocycles. The van der Waals surface area contributed by atoms with Gasteiger partial charge in [0.25, 0.3) is 5.91 Å². The number of aromatic amines is 1. The van der Waals surface area contributed by atoms with Gasteiger partial charge in [0.2, 0.25) is 0 Å². The van der Waals surface area contributed by atoms with Crippen LogP contribution in [-0.4, -0.2) is 26.4 Å². The molecule has 0 saturated carbocycles. The van der Waals surface area contributed by atoms with Crippen LogP contribution >= 0.6 is 22.6 Å². The molecule has 2 rings (SSSR count). The van der Waals surface area contributed by atoms with Gasteiger partial charge in [-0.2, -0.15) is 15.4 Å². The van der Waals surface area contributed by atoms with Gasteiger partial charge < -0.3 is 10.8 Å². The van der Waals surface area contributed by atoms with E-state index in [-0.39, 0.29) is 17.1 Å². The Labute approximate surface area is 110 Å². The summed E-state index contributed by atoms with van der Waals surface area (Å²) >= 11 is 2.12. The second-order valence-corrected chi connectivity index (χ2v) is 4.75. The molecular weight excluding hydrogens is 335 g/mol. The fourth-order valence-electron chi connectivity index (χ4n) is 1.51. The van der Waals surface area contributed by atoms with Crippen molar-refractivity contribution in [2.75, 3.05) is 0 Å². The third-order valence-electron chi connectivity index (χ3n) is 2.30. The number of phenolic OH excluding ortho intramolecular Hbond substituents is 1. The molecule has 0 radical (unpaired) electrons. The minimum Gasteiger partial charge on any atom is -0.507 e. The van der Waals surface area contributed by atoms with Gasteiger partial charge in [-0.15, -0.1) is 0 Å². The van der Waals surface area contributed by atoms with Crippen molar-refractivity contribution in [3.63, 3.8) is 0 Å². The number of carbonyl (C=O) groups is 1. The summed E-state index contributed by atoms with van der Waals surface area (Å²) in [5.41, 5.74) is 6.59. The van der Waals surface area contributed by atoms with E-state index in [4.69, 9.17) is 5.73 Å². The molecule has 0 atom stereocenters. The van der Waals surface area contributed by atoms with Crippen LogP contribution in [-0.2, 0) is 0 Å². The van der Waals surface area contributed by atoms with Crippen molar-refractivity contribution >= 4 is 28.5 Å². The van der Waals surface area contributed by atoms with Crippen LogP contribution in [0.1, 0.15) is 16.1 Å². The maximum absolute atomic E-state index is 11.2. The van der Waals surface area contributed by atoms with Gasteiger partial charge in [-0.05, 0) is 47.2 Å². The molecule has 88 valence electrons. The third kappa shape index (κ3) is 2.09. The molecule has 4 N–H and O–H groups in total. The van der Waals surface area contributed by atoms with Crippen LogP contribution in [0.25, 0.3) is 11.3 Å². The number of nitrogens with zero attached hydrogens (tertiary/aromatic N) is 2. The SMILES string of the molecule is Cc1cc(I)cc(-c2n[nH]nc2C(N)=O)c1O. The summed E-state index contributed by atoms with van der Waals surface area (Å²) in [6.07, 6.45) is 0. The molecule has 6 nitrogen and oxygen atoms in total. The van der Waals surface area contributed by atoms with Gasteiger partial charge in [0.15, 0.2) is 5.69 Å². The fourth-order valence-corrected chi connectivity index (χ4v) is 2.29. The fraction of sp³-hybridized carbons (Fsp3) is 0.100. The number of nitrogens with one attached hydrogen (secondary N) is 1. The number of hydrogen-bond donors (Lipinski definition) is 3. The monoisotopic (exact) mass is 344 g/mol. The van der Waals surface area contributed by atoms with Gasteiger partial charge >= 0.3 is 0 Å². The molecular formula is C10H9IN4O2. The van der Waals surface area contributed by atoms with E-state index >= 15 is 0 Å². The number of halogens is 1. The summed E-state index contributed by atoms with van der Waals surface area (Å²) in [6.45, 7) is 1.77. The first-order valence-electron chi connectivity index (χ1n) is 4.70. The number of aryl methyl sites for hydroxylation is 1. The minimum atomic E-state index is -0.690. The first kappa shape index (κ1) is 11.8. The molecule has 17 heavy (non-hydrogen) atoms. The Morgan fingerprint density at radius 3 is 2.82 bits per heavy atom. The number of H-pyrrole nitrogens is 1. The number of primary amides is 1. The van der Waals surface area contributed by atoms with Gasteiger partial charge in [0, 0.05) is 9.13 Å². The third-order valence-corrected chi connectivity index (χ3v) is 2.92. The summed E-state index contributed by atoms with van der Waals surface area (Å²) in [4.78, 5) is 11.2. The highest BCUT2D eigenvalue weighted by molar-refractivity contribution is 14.1. The molecule has 2 aromatic rings. The summed E-state index contributed by atoms with van der Waals surface area (Å²) in [5, 5.41) is 19.8. The first-order valence-corrected chi connectivity index (χ1v) is 5.78. The Balaban J connectivity index is 2.68. The van der Waals surface area contributed by atoms with Crippen molar-refractivity contribution < 1.29 is 9.90 Å². The zero-order chi connectivity index (χ0) is 12.6. The highest BCUT2D eigenvalue weighted by Gasteiger charge is 2.19. The molecule has 0 aliphatic rings. The molecule has 0 unspecified atom stereocenters. The topological polar surface area (TPSA) is 105 Å². The normalized spacial score (nSPS) is 10.5. The molecule has 1 amide bonds. The Bertz CT molecular complexity index is 594. The smallest absolute Gasteiger partial charge is 0.271 e. The van der Waals surface area contributed by atoms with Crippen molar-refractivity contribution in [1.29, 1.82) is 0 Å². The van der Waals surface area contributed by atoms with Crippen LogP contribution in [0.15, 0.2) is 12.1 Å². The Kier molecular flexibility index (Phi) is 3.01. The number of aromatic nitrogens is 3. The standard InChI is InChI=1S/C10H9IN4O2/c1-4-2-5(11)3-6(9(4)16)7-8(10(12)17)14-15-13-7/h2-3,16H,1H3,(H2,12,17)(H,13,14,15). The Morgan fingerprint density at radius 1 is 1.47 bits per heavy atom. The summed E-state index contributed by atoms with van der Waals surface area (Å²) < 4.78 is 0.923. The number of amides is 1. The predicted molar refractivity (Wildman–Crippen MR) is 69.5 cm³/mol. The van der Waals surface area contributed by atoms with E-state index in [9.17, 15) is 9.90 Å². The van der Waals surface area contributed by atoms with Crippen molar-refractivity contribution in [3.8, 4) is 17.0 Å². The number of phenols is 1. The van der Waals surface area contributed by atoms with E-state index in [1.807, 2.05) is 6.07 Å². The number of nitrogens with two attached hydrogens (primary N) is 1. The minimum absolute atomic E-state index is 0.0155. The van der Waals surface area contributed by atoms with Crippen molar-refractivity contribution in [3.05, 3.63) is 27.0 Å². The molecule has 7 heteroatoms. The van der Waals surface area contributed by atoms with Gasteiger partial charge in [-0.3, -0.25) is 4.79 Å². The average molecular weight is 344 g/mol. The van der Waals surface area contributed by atoms with Gasteiger partial charge in [0.05, 0.1) is 0 Å². The predicted octanol–water partition coefficient (Wildman–Crippen LogP) is 1.19. The van der Waals surface area contributed by atoms with Crippen molar-refractivity contribution in [1.82, 2.24) is 15.4 Å².